The Morgan fingerprint density at radius 2 is 1.92 bits per heavy atom. The topological polar surface area (TPSA) is 142 Å². The highest BCUT2D eigenvalue weighted by Crippen LogP contribution is 2.43. The molecule has 10 nitrogen and oxygen atoms in total. The number of hydrogen-bond donors (Lipinski definition) is 3. The molecule has 3 N–H and O–H groups in total. The summed E-state index contributed by atoms with van der Waals surface area (Å²) in [5.41, 5.74) is -1.07. The second-order valence-electron chi connectivity index (χ2n) is 10.4. The first kappa shape index (κ1) is 27.1. The molecule has 2 bridgehead atoms. The van der Waals surface area contributed by atoms with Crippen molar-refractivity contribution in [2.45, 2.75) is 70.6 Å². The Balaban J connectivity index is 1.86. The van der Waals surface area contributed by atoms with Crippen LogP contribution in [0.3, 0.4) is 0 Å². The highest BCUT2D eigenvalue weighted by atomic mass is 19.1. The number of piperidine rings is 1. The minimum absolute atomic E-state index is 0.110. The Morgan fingerprint density at radius 3 is 2.50 bits per heavy atom. The molecule has 2 fully saturated rings. The van der Waals surface area contributed by atoms with Gasteiger partial charge in [0.25, 0.3) is 5.91 Å². The first-order chi connectivity index (χ1) is 16.9. The number of carbonyl (C=O) groups excluding carboxylic acids is 4. The summed E-state index contributed by atoms with van der Waals surface area (Å²) >= 11 is 0. The number of fused-ring (bicyclic) bond motifs is 2. The maximum atomic E-state index is 14.7. The lowest BCUT2D eigenvalue weighted by atomic mass is 9.84. The number of carbonyl (C=O) groups is 5. The summed E-state index contributed by atoms with van der Waals surface area (Å²) in [6, 6.07) is 0.676. The number of carboxylic acid groups (broad SMARTS) is 1. The van der Waals surface area contributed by atoms with E-state index in [0.717, 1.165) is 0 Å². The van der Waals surface area contributed by atoms with Crippen LogP contribution in [-0.2, 0) is 19.2 Å². The summed E-state index contributed by atoms with van der Waals surface area (Å²) in [7, 11) is 1.28. The normalized spacial score (nSPS) is 22.5. The zero-order valence-electron chi connectivity index (χ0n) is 20.7. The lowest BCUT2D eigenvalue weighted by Crippen LogP contribution is -2.61. The van der Waals surface area contributed by atoms with Gasteiger partial charge in [0.15, 0.2) is 11.6 Å². The molecule has 0 spiro atoms. The Morgan fingerprint density at radius 1 is 1.22 bits per heavy atom. The van der Waals surface area contributed by atoms with Gasteiger partial charge in [0.1, 0.15) is 18.4 Å². The number of nitrogens with zero attached hydrogens (tertiary/aromatic N) is 1. The van der Waals surface area contributed by atoms with E-state index in [1.165, 1.54) is 30.2 Å². The average molecular weight is 506 g/mol. The molecular formula is C25H32FN3O7. The number of aldehydes is 1. The van der Waals surface area contributed by atoms with Gasteiger partial charge in [-0.1, -0.05) is 26.8 Å². The highest BCUT2D eigenvalue weighted by Gasteiger charge is 2.53. The molecular weight excluding hydrogens is 473 g/mol. The number of aliphatic carboxylic acids is 1. The number of rotatable bonds is 9. The highest BCUT2D eigenvalue weighted by molar-refractivity contribution is 5.99. The third-order valence-corrected chi connectivity index (χ3v) is 6.81. The molecule has 11 heteroatoms. The summed E-state index contributed by atoms with van der Waals surface area (Å²) in [4.78, 5) is 63.7. The van der Waals surface area contributed by atoms with E-state index < -0.39 is 59.5 Å². The number of nitrogens with one attached hydrogen (secondary N) is 2. The largest absolute Gasteiger partial charge is 0.494 e. The smallest absolute Gasteiger partial charge is 0.305 e. The molecule has 2 aliphatic rings. The Bertz CT molecular complexity index is 1050. The maximum Gasteiger partial charge on any atom is 0.305 e. The molecule has 1 heterocycles. The number of carboxylic acids is 1. The zero-order chi connectivity index (χ0) is 26.8. The third-order valence-electron chi connectivity index (χ3n) is 6.81. The van der Waals surface area contributed by atoms with Crippen molar-refractivity contribution in [3.63, 3.8) is 0 Å². The number of likely N-dealkylation sites (tertiary alicyclic amines) is 1. The molecule has 1 aliphatic carbocycles. The van der Waals surface area contributed by atoms with Crippen LogP contribution >= 0.6 is 0 Å². The van der Waals surface area contributed by atoms with E-state index in [1.807, 2.05) is 0 Å². The number of halogens is 1. The van der Waals surface area contributed by atoms with Crippen molar-refractivity contribution >= 4 is 30.0 Å². The van der Waals surface area contributed by atoms with E-state index in [4.69, 9.17) is 9.84 Å². The van der Waals surface area contributed by atoms with Gasteiger partial charge in [-0.15, -0.1) is 0 Å². The lowest BCUT2D eigenvalue weighted by molar-refractivity contribution is -0.147. The first-order valence-electron chi connectivity index (χ1n) is 11.8. The summed E-state index contributed by atoms with van der Waals surface area (Å²) in [6.45, 7) is 5.24. The van der Waals surface area contributed by atoms with Gasteiger partial charge in [-0.2, -0.15) is 0 Å². The number of amides is 3. The molecule has 3 rings (SSSR count). The SMILES string of the molecule is COc1cccc(C(=O)N[C@H](C(=O)N2C3CC[C@@H](C3)[C@H]2C(=O)N[C@H](C=O)CC(=O)O)C(C)(C)C)c1F. The van der Waals surface area contributed by atoms with Crippen LogP contribution in [0, 0.1) is 17.2 Å². The number of benzene rings is 1. The molecule has 1 aliphatic heterocycles. The second-order valence-corrected chi connectivity index (χ2v) is 10.4. The molecule has 36 heavy (non-hydrogen) atoms. The average Bonchev–Trinajstić information content (AvgIpc) is 3.42. The lowest BCUT2D eigenvalue weighted by Gasteiger charge is -2.40. The van der Waals surface area contributed by atoms with Crippen LogP contribution < -0.4 is 15.4 Å². The van der Waals surface area contributed by atoms with Gasteiger partial charge >= 0.3 is 5.97 Å². The first-order valence-corrected chi connectivity index (χ1v) is 11.8. The molecule has 1 unspecified atom stereocenters. The molecule has 3 amide bonds. The van der Waals surface area contributed by atoms with Crippen LogP contribution in [0.2, 0.25) is 0 Å². The zero-order valence-corrected chi connectivity index (χ0v) is 20.7. The molecule has 5 atom stereocenters. The Kier molecular flexibility index (Phi) is 8.00. The van der Waals surface area contributed by atoms with Gasteiger partial charge in [0, 0.05) is 6.04 Å². The molecule has 0 radical (unpaired) electrons. The van der Waals surface area contributed by atoms with E-state index >= 15 is 0 Å². The van der Waals surface area contributed by atoms with E-state index in [9.17, 15) is 28.4 Å². The Labute approximate surface area is 208 Å². The summed E-state index contributed by atoms with van der Waals surface area (Å²) in [5.74, 6) is -4.25. The number of hydrogen-bond acceptors (Lipinski definition) is 6. The van der Waals surface area contributed by atoms with Gasteiger partial charge in [-0.3, -0.25) is 19.2 Å². The number of ether oxygens (including phenoxy) is 1. The van der Waals surface area contributed by atoms with Crippen molar-refractivity contribution in [3.8, 4) is 5.75 Å². The van der Waals surface area contributed by atoms with E-state index in [0.29, 0.717) is 25.5 Å². The molecule has 0 aromatic heterocycles. The number of methoxy groups -OCH3 is 1. The molecule has 196 valence electrons. The maximum absolute atomic E-state index is 14.7. The standard InChI is InChI=1S/C25H32FN3O7/c1-25(2,3)21(28-22(33)16-6-5-7-17(36-4)19(16)26)24(35)29-15-9-8-13(10-15)20(29)23(34)27-14(12-30)11-18(31)32/h5-7,12-15,20-21H,8-11H2,1-4H3,(H,27,34)(H,28,33)(H,31,32)/t13-,14-,15?,20-,21+/m0/s1. The van der Waals surface area contributed by atoms with Crippen LogP contribution in [0.15, 0.2) is 18.2 Å². The van der Waals surface area contributed by atoms with Crippen molar-refractivity contribution in [2.75, 3.05) is 7.11 Å². The monoisotopic (exact) mass is 505 g/mol. The van der Waals surface area contributed by atoms with Gasteiger partial charge in [-0.25, -0.2) is 4.39 Å². The van der Waals surface area contributed by atoms with Crippen molar-refractivity contribution in [3.05, 3.63) is 29.6 Å². The van der Waals surface area contributed by atoms with E-state index in [1.54, 1.807) is 20.8 Å². The van der Waals surface area contributed by atoms with Gasteiger partial charge in [0.2, 0.25) is 11.8 Å². The van der Waals surface area contributed by atoms with Crippen LogP contribution in [0.5, 0.6) is 5.75 Å². The predicted molar refractivity (Wildman–Crippen MR) is 126 cm³/mol. The fourth-order valence-electron chi connectivity index (χ4n) is 5.08. The minimum Gasteiger partial charge on any atom is -0.494 e. The Hall–Kier alpha value is -3.50. The fraction of sp³-hybridized carbons (Fsp3) is 0.560. The van der Waals surface area contributed by atoms with Crippen molar-refractivity contribution in [1.82, 2.24) is 15.5 Å². The summed E-state index contributed by atoms with van der Waals surface area (Å²) in [6.07, 6.45) is 1.76. The van der Waals surface area contributed by atoms with Crippen molar-refractivity contribution in [2.24, 2.45) is 11.3 Å². The van der Waals surface area contributed by atoms with Gasteiger partial charge < -0.3 is 30.2 Å². The summed E-state index contributed by atoms with van der Waals surface area (Å²) in [5, 5.41) is 14.1. The van der Waals surface area contributed by atoms with E-state index in [-0.39, 0.29) is 23.3 Å². The molecule has 1 saturated heterocycles. The molecule has 1 aromatic carbocycles. The van der Waals surface area contributed by atoms with Gasteiger partial charge in [-0.05, 0) is 42.7 Å². The predicted octanol–water partition coefficient (Wildman–Crippen LogP) is 1.52. The second kappa shape index (κ2) is 10.6. The third kappa shape index (κ3) is 5.50. The minimum atomic E-state index is -1.24. The van der Waals surface area contributed by atoms with Crippen LogP contribution in [-0.4, -0.2) is 71.3 Å². The van der Waals surface area contributed by atoms with Crippen molar-refractivity contribution < 1.29 is 38.2 Å². The molecule has 1 saturated carbocycles. The van der Waals surface area contributed by atoms with Crippen molar-refractivity contribution in [1.29, 1.82) is 0 Å². The van der Waals surface area contributed by atoms with Crippen LogP contribution in [0.25, 0.3) is 0 Å². The summed E-state index contributed by atoms with van der Waals surface area (Å²) < 4.78 is 19.6. The molecule has 1 aromatic rings. The van der Waals surface area contributed by atoms with Crippen LogP contribution in [0.4, 0.5) is 4.39 Å². The quantitative estimate of drug-likeness (QED) is 0.432. The van der Waals surface area contributed by atoms with Gasteiger partial charge in [0.05, 0.1) is 25.1 Å². The fourth-order valence-corrected chi connectivity index (χ4v) is 5.08. The van der Waals surface area contributed by atoms with Crippen LogP contribution in [0.1, 0.15) is 56.8 Å². The van der Waals surface area contributed by atoms with E-state index in [2.05, 4.69) is 10.6 Å².